The second-order valence-electron chi connectivity index (χ2n) is 1.75. The molecule has 0 atom stereocenters. The monoisotopic (exact) mass is 137 g/mol. The number of rotatable bonds is 3. The molecule has 0 aliphatic rings. The summed E-state index contributed by atoms with van der Waals surface area (Å²) in [5.41, 5.74) is 0. The van der Waals surface area contributed by atoms with Gasteiger partial charge >= 0.3 is 0 Å². The third-order valence-corrected chi connectivity index (χ3v) is 0.934. The largest absolute Gasteiger partial charge is 0.477 e. The molecule has 0 N–H and O–H groups in total. The van der Waals surface area contributed by atoms with Gasteiger partial charge in [0.05, 0.1) is 12.8 Å². The molecule has 0 saturated carbocycles. The van der Waals surface area contributed by atoms with Crippen molar-refractivity contribution >= 4 is 0 Å². The topological polar surface area (TPSA) is 35.0 Å². The van der Waals surface area contributed by atoms with Crippen molar-refractivity contribution in [2.24, 2.45) is 0 Å². The van der Waals surface area contributed by atoms with Crippen LogP contribution in [0.1, 0.15) is 6.42 Å². The number of aromatic nitrogens is 2. The standard InChI is InChI=1S/C7H9N2O/c1-2-5-10-7-6-8-3-4-9-7/h3-4,6H,1-2,5H2. The Balaban J connectivity index is 2.43. The van der Waals surface area contributed by atoms with E-state index in [0.717, 1.165) is 6.42 Å². The van der Waals surface area contributed by atoms with Crippen LogP contribution in [0.5, 0.6) is 5.88 Å². The lowest BCUT2D eigenvalue weighted by Crippen LogP contribution is -1.96. The van der Waals surface area contributed by atoms with E-state index in [1.807, 2.05) is 0 Å². The molecular formula is C7H9N2O. The first-order chi connectivity index (χ1) is 4.93. The van der Waals surface area contributed by atoms with Gasteiger partial charge in [0.25, 0.3) is 0 Å². The molecule has 53 valence electrons. The van der Waals surface area contributed by atoms with Crippen LogP contribution in [0.4, 0.5) is 0 Å². The number of ether oxygens (including phenoxy) is 1. The third kappa shape index (κ3) is 2.01. The molecule has 1 radical (unpaired) electrons. The van der Waals surface area contributed by atoms with Crippen LogP contribution in [0, 0.1) is 6.92 Å². The lowest BCUT2D eigenvalue weighted by Gasteiger charge is -1.99. The van der Waals surface area contributed by atoms with Crippen molar-refractivity contribution in [2.75, 3.05) is 6.61 Å². The molecule has 1 aromatic rings. The Morgan fingerprint density at radius 2 is 2.40 bits per heavy atom. The van der Waals surface area contributed by atoms with E-state index < -0.39 is 0 Å². The van der Waals surface area contributed by atoms with E-state index in [4.69, 9.17) is 4.74 Å². The fraction of sp³-hybridized carbons (Fsp3) is 0.286. The van der Waals surface area contributed by atoms with Gasteiger partial charge in [-0.3, -0.25) is 4.98 Å². The van der Waals surface area contributed by atoms with Crippen molar-refractivity contribution in [3.05, 3.63) is 25.5 Å². The first kappa shape index (κ1) is 6.99. The fourth-order valence-electron chi connectivity index (χ4n) is 0.537. The summed E-state index contributed by atoms with van der Waals surface area (Å²) < 4.78 is 5.12. The molecule has 0 unspecified atom stereocenters. The van der Waals surface area contributed by atoms with Crippen molar-refractivity contribution in [3.63, 3.8) is 0 Å². The van der Waals surface area contributed by atoms with Crippen LogP contribution in [-0.4, -0.2) is 16.6 Å². The maximum atomic E-state index is 5.12. The first-order valence-corrected chi connectivity index (χ1v) is 3.11. The summed E-state index contributed by atoms with van der Waals surface area (Å²) >= 11 is 0. The van der Waals surface area contributed by atoms with Crippen molar-refractivity contribution in [3.8, 4) is 5.88 Å². The second-order valence-corrected chi connectivity index (χ2v) is 1.75. The number of hydrogen-bond donors (Lipinski definition) is 0. The van der Waals surface area contributed by atoms with Gasteiger partial charge in [0.1, 0.15) is 0 Å². The highest BCUT2D eigenvalue weighted by Gasteiger charge is 1.89. The van der Waals surface area contributed by atoms with Gasteiger partial charge in [-0.05, 0) is 13.3 Å². The minimum Gasteiger partial charge on any atom is -0.477 e. The SMILES string of the molecule is [CH2]CCOc1cnccn1. The summed E-state index contributed by atoms with van der Waals surface area (Å²) in [6, 6.07) is 0. The summed E-state index contributed by atoms with van der Waals surface area (Å²) in [6.45, 7) is 4.22. The lowest BCUT2D eigenvalue weighted by atomic mass is 10.5. The van der Waals surface area contributed by atoms with Gasteiger partial charge in [-0.15, -0.1) is 0 Å². The summed E-state index contributed by atoms with van der Waals surface area (Å²) in [5, 5.41) is 0. The maximum Gasteiger partial charge on any atom is 0.232 e. The first-order valence-electron chi connectivity index (χ1n) is 3.11. The zero-order valence-corrected chi connectivity index (χ0v) is 5.66. The van der Waals surface area contributed by atoms with Crippen LogP contribution in [0.15, 0.2) is 18.6 Å². The van der Waals surface area contributed by atoms with Gasteiger partial charge in [-0.25, -0.2) is 4.98 Å². The second kappa shape index (κ2) is 3.82. The zero-order chi connectivity index (χ0) is 7.23. The molecule has 3 nitrogen and oxygen atoms in total. The van der Waals surface area contributed by atoms with Crippen LogP contribution in [0.2, 0.25) is 0 Å². The van der Waals surface area contributed by atoms with E-state index >= 15 is 0 Å². The van der Waals surface area contributed by atoms with Crippen molar-refractivity contribution in [1.82, 2.24) is 9.97 Å². The molecule has 10 heavy (non-hydrogen) atoms. The molecule has 0 aliphatic carbocycles. The third-order valence-electron chi connectivity index (χ3n) is 0.934. The Hall–Kier alpha value is -1.12. The molecule has 0 aromatic carbocycles. The van der Waals surface area contributed by atoms with Crippen molar-refractivity contribution in [1.29, 1.82) is 0 Å². The normalized spacial score (nSPS) is 9.30. The van der Waals surface area contributed by atoms with Crippen LogP contribution in [-0.2, 0) is 0 Å². The summed E-state index contributed by atoms with van der Waals surface area (Å²) in [7, 11) is 0. The Morgan fingerprint density at radius 3 is 3.00 bits per heavy atom. The molecule has 1 aromatic heterocycles. The van der Waals surface area contributed by atoms with E-state index in [1.165, 1.54) is 0 Å². The molecular weight excluding hydrogens is 128 g/mol. The van der Waals surface area contributed by atoms with E-state index in [2.05, 4.69) is 16.9 Å². The quantitative estimate of drug-likeness (QED) is 0.625. The molecule has 0 fully saturated rings. The maximum absolute atomic E-state index is 5.12. The molecule has 0 saturated heterocycles. The van der Waals surface area contributed by atoms with Crippen LogP contribution in [0.25, 0.3) is 0 Å². The van der Waals surface area contributed by atoms with Crippen LogP contribution < -0.4 is 4.74 Å². The van der Waals surface area contributed by atoms with Gasteiger partial charge in [0.2, 0.25) is 5.88 Å². The van der Waals surface area contributed by atoms with Crippen LogP contribution >= 0.6 is 0 Å². The smallest absolute Gasteiger partial charge is 0.232 e. The molecule has 3 heteroatoms. The predicted molar refractivity (Wildman–Crippen MR) is 37.5 cm³/mol. The molecule has 0 aliphatic heterocycles. The van der Waals surface area contributed by atoms with E-state index in [0.29, 0.717) is 12.5 Å². The summed E-state index contributed by atoms with van der Waals surface area (Å²) in [4.78, 5) is 7.73. The highest BCUT2D eigenvalue weighted by atomic mass is 16.5. The van der Waals surface area contributed by atoms with Gasteiger partial charge in [-0.1, -0.05) is 0 Å². The average Bonchev–Trinajstić information content (AvgIpc) is 2.03. The highest BCUT2D eigenvalue weighted by molar-refractivity contribution is 5.00. The minimum atomic E-state index is 0.561. The summed E-state index contributed by atoms with van der Waals surface area (Å²) in [6.07, 6.45) is 5.53. The Labute approximate surface area is 60.1 Å². The Kier molecular flexibility index (Phi) is 2.67. The predicted octanol–water partition coefficient (Wildman–Crippen LogP) is 1.08. The minimum absolute atomic E-state index is 0.561. The average molecular weight is 137 g/mol. The Bertz CT molecular complexity index is 176. The van der Waals surface area contributed by atoms with Gasteiger partial charge in [0.15, 0.2) is 0 Å². The zero-order valence-electron chi connectivity index (χ0n) is 5.66. The molecule has 0 spiro atoms. The number of hydrogen-bond acceptors (Lipinski definition) is 3. The van der Waals surface area contributed by atoms with Gasteiger partial charge < -0.3 is 4.74 Å². The lowest BCUT2D eigenvalue weighted by molar-refractivity contribution is 0.310. The molecule has 1 rings (SSSR count). The van der Waals surface area contributed by atoms with E-state index in [-0.39, 0.29) is 0 Å². The van der Waals surface area contributed by atoms with Gasteiger partial charge in [-0.2, -0.15) is 0 Å². The molecule has 0 bridgehead atoms. The molecule has 1 heterocycles. The van der Waals surface area contributed by atoms with Gasteiger partial charge in [0, 0.05) is 12.4 Å². The van der Waals surface area contributed by atoms with E-state index in [1.54, 1.807) is 18.6 Å². The molecule has 0 amide bonds. The van der Waals surface area contributed by atoms with E-state index in [9.17, 15) is 0 Å². The Morgan fingerprint density at radius 1 is 1.50 bits per heavy atom. The van der Waals surface area contributed by atoms with Crippen molar-refractivity contribution in [2.45, 2.75) is 6.42 Å². The fourth-order valence-corrected chi connectivity index (χ4v) is 0.537. The number of nitrogens with zero attached hydrogens (tertiary/aromatic N) is 2. The van der Waals surface area contributed by atoms with Crippen LogP contribution in [0.3, 0.4) is 0 Å². The van der Waals surface area contributed by atoms with Crippen molar-refractivity contribution < 1.29 is 4.74 Å². The highest BCUT2D eigenvalue weighted by Crippen LogP contribution is 1.99. The summed E-state index contributed by atoms with van der Waals surface area (Å²) in [5.74, 6) is 0.561.